The number of hydrogen-bond donors (Lipinski definition) is 1. The number of tetrazole rings is 1. The van der Waals surface area contributed by atoms with E-state index in [0.717, 1.165) is 22.0 Å². The van der Waals surface area contributed by atoms with Crippen LogP contribution in [0.1, 0.15) is 28.6 Å². The Balaban J connectivity index is 1.39. The predicted molar refractivity (Wildman–Crippen MR) is 145 cm³/mol. The number of nitrogens with one attached hydrogen (secondary N) is 1. The number of para-hydroxylation sites is 2. The molecule has 1 aliphatic heterocycles. The molecule has 10 heteroatoms. The highest BCUT2D eigenvalue weighted by molar-refractivity contribution is 5.82. The molecule has 0 aliphatic carbocycles. The molecule has 0 unspecified atom stereocenters. The van der Waals surface area contributed by atoms with Gasteiger partial charge in [-0.2, -0.15) is 0 Å². The van der Waals surface area contributed by atoms with Crippen molar-refractivity contribution in [1.82, 2.24) is 30.1 Å². The molecular formula is C29H27F2N7O. The highest BCUT2D eigenvalue weighted by atomic mass is 19.1. The van der Waals surface area contributed by atoms with Crippen molar-refractivity contribution in [2.45, 2.75) is 19.5 Å². The second-order valence-corrected chi connectivity index (χ2v) is 9.79. The van der Waals surface area contributed by atoms with Gasteiger partial charge in [-0.05, 0) is 64.2 Å². The molecule has 2 aromatic heterocycles. The number of piperazine rings is 1. The first-order chi connectivity index (χ1) is 19.0. The third-order valence-corrected chi connectivity index (χ3v) is 7.33. The van der Waals surface area contributed by atoms with Crippen LogP contribution in [-0.4, -0.2) is 56.3 Å². The fourth-order valence-corrected chi connectivity index (χ4v) is 5.31. The fraction of sp³-hybridized carbons (Fsp3) is 0.241. The zero-order chi connectivity index (χ0) is 26.9. The monoisotopic (exact) mass is 527 g/mol. The number of anilines is 1. The number of aryl methyl sites for hydroxylation is 1. The Labute approximate surface area is 223 Å². The molecular weight excluding hydrogens is 500 g/mol. The standard InChI is InChI=1S/C29H27F2N7O/c1-19-5-4-6-21-17-23(29(39)32-26(19)21)27(28-33-34-35-38(28)18-20-9-11-22(30)12-10-20)37-15-13-36(14-16-37)25-8-3-2-7-24(25)31/h2-12,17,27H,13-16,18H2,1H3,(H,32,39)/t27-/m1/s1. The number of pyridine rings is 1. The van der Waals surface area contributed by atoms with E-state index in [1.165, 1.54) is 18.2 Å². The van der Waals surface area contributed by atoms with E-state index < -0.39 is 6.04 Å². The van der Waals surface area contributed by atoms with E-state index >= 15 is 0 Å². The number of rotatable bonds is 6. The van der Waals surface area contributed by atoms with Crippen molar-refractivity contribution < 1.29 is 8.78 Å². The maximum absolute atomic E-state index is 14.5. The summed E-state index contributed by atoms with van der Waals surface area (Å²) < 4.78 is 29.6. The van der Waals surface area contributed by atoms with Crippen LogP contribution in [0.25, 0.3) is 10.9 Å². The van der Waals surface area contributed by atoms with Crippen LogP contribution >= 0.6 is 0 Å². The van der Waals surface area contributed by atoms with Gasteiger partial charge in [0.15, 0.2) is 5.82 Å². The number of H-pyrrole nitrogens is 1. The average molecular weight is 528 g/mol. The van der Waals surface area contributed by atoms with E-state index in [9.17, 15) is 13.6 Å². The van der Waals surface area contributed by atoms with Gasteiger partial charge in [-0.1, -0.05) is 42.5 Å². The highest BCUT2D eigenvalue weighted by Crippen LogP contribution is 2.30. The summed E-state index contributed by atoms with van der Waals surface area (Å²) in [4.78, 5) is 20.8. The van der Waals surface area contributed by atoms with Crippen molar-refractivity contribution >= 4 is 16.6 Å². The molecule has 3 aromatic carbocycles. The Kier molecular flexibility index (Phi) is 6.62. The lowest BCUT2D eigenvalue weighted by atomic mass is 10.0. The number of hydrogen-bond acceptors (Lipinski definition) is 6. The molecule has 0 saturated carbocycles. The zero-order valence-corrected chi connectivity index (χ0v) is 21.4. The normalized spacial score (nSPS) is 15.1. The van der Waals surface area contributed by atoms with Crippen molar-refractivity contribution in [3.8, 4) is 0 Å². The number of benzene rings is 3. The molecule has 1 fully saturated rings. The van der Waals surface area contributed by atoms with Crippen LogP contribution in [0.4, 0.5) is 14.5 Å². The van der Waals surface area contributed by atoms with Gasteiger partial charge in [0.1, 0.15) is 17.7 Å². The third kappa shape index (κ3) is 4.90. The summed E-state index contributed by atoms with van der Waals surface area (Å²) in [5.41, 5.74) is 3.48. The molecule has 0 radical (unpaired) electrons. The van der Waals surface area contributed by atoms with Crippen molar-refractivity contribution in [2.24, 2.45) is 0 Å². The summed E-state index contributed by atoms with van der Waals surface area (Å²) >= 11 is 0. The summed E-state index contributed by atoms with van der Waals surface area (Å²) in [7, 11) is 0. The van der Waals surface area contributed by atoms with Crippen molar-refractivity contribution in [3.05, 3.63) is 117 Å². The van der Waals surface area contributed by atoms with Gasteiger partial charge in [0.25, 0.3) is 5.56 Å². The van der Waals surface area contributed by atoms with Crippen molar-refractivity contribution in [2.75, 3.05) is 31.1 Å². The van der Waals surface area contributed by atoms with Gasteiger partial charge < -0.3 is 9.88 Å². The first-order valence-corrected chi connectivity index (χ1v) is 12.8. The van der Waals surface area contributed by atoms with E-state index in [1.807, 2.05) is 42.2 Å². The second-order valence-electron chi connectivity index (χ2n) is 9.79. The van der Waals surface area contributed by atoms with Gasteiger partial charge in [0, 0.05) is 31.7 Å². The third-order valence-electron chi connectivity index (χ3n) is 7.33. The minimum Gasteiger partial charge on any atom is -0.367 e. The van der Waals surface area contributed by atoms with Gasteiger partial charge in [-0.15, -0.1) is 5.10 Å². The Hall–Kier alpha value is -4.44. The fourth-order valence-electron chi connectivity index (χ4n) is 5.31. The molecule has 0 bridgehead atoms. The smallest absolute Gasteiger partial charge is 0.253 e. The minimum absolute atomic E-state index is 0.213. The molecule has 5 aromatic rings. The molecule has 3 heterocycles. The van der Waals surface area contributed by atoms with Crippen LogP contribution in [0.3, 0.4) is 0 Å². The van der Waals surface area contributed by atoms with Crippen molar-refractivity contribution in [3.63, 3.8) is 0 Å². The molecule has 1 aliphatic rings. The number of halogens is 2. The van der Waals surface area contributed by atoms with E-state index in [-0.39, 0.29) is 17.2 Å². The van der Waals surface area contributed by atoms with Gasteiger partial charge in [0.05, 0.1) is 17.7 Å². The van der Waals surface area contributed by atoms with E-state index in [2.05, 4.69) is 25.4 Å². The number of aromatic nitrogens is 5. The maximum atomic E-state index is 14.5. The van der Waals surface area contributed by atoms with Gasteiger partial charge in [0.2, 0.25) is 0 Å². The largest absolute Gasteiger partial charge is 0.367 e. The second kappa shape index (κ2) is 10.4. The molecule has 8 nitrogen and oxygen atoms in total. The van der Waals surface area contributed by atoms with Crippen LogP contribution in [0.15, 0.2) is 77.6 Å². The predicted octanol–water partition coefficient (Wildman–Crippen LogP) is 4.06. The Morgan fingerprint density at radius 3 is 2.49 bits per heavy atom. The minimum atomic E-state index is -0.545. The highest BCUT2D eigenvalue weighted by Gasteiger charge is 2.33. The summed E-state index contributed by atoms with van der Waals surface area (Å²) in [6.07, 6.45) is 0. The van der Waals surface area contributed by atoms with Gasteiger partial charge in [-0.25, -0.2) is 13.5 Å². The Morgan fingerprint density at radius 2 is 1.72 bits per heavy atom. The summed E-state index contributed by atoms with van der Waals surface area (Å²) in [5, 5.41) is 13.5. The number of aromatic amines is 1. The molecule has 1 atom stereocenters. The zero-order valence-electron chi connectivity index (χ0n) is 21.4. The molecule has 1 N–H and O–H groups in total. The summed E-state index contributed by atoms with van der Waals surface area (Å²) in [5.74, 6) is -0.0671. The molecule has 0 amide bonds. The van der Waals surface area contributed by atoms with Crippen LogP contribution in [0, 0.1) is 18.6 Å². The number of nitrogens with zero attached hydrogens (tertiary/aromatic N) is 6. The van der Waals surface area contributed by atoms with Crippen molar-refractivity contribution in [1.29, 1.82) is 0 Å². The SMILES string of the molecule is Cc1cccc2cc([C@H](c3nnnn3Cc3ccc(F)cc3)N3CCN(c4ccccc4F)CC3)c(=O)[nH]c12. The lowest BCUT2D eigenvalue weighted by Crippen LogP contribution is -2.49. The quantitative estimate of drug-likeness (QED) is 0.359. The average Bonchev–Trinajstić information content (AvgIpc) is 3.39. The Morgan fingerprint density at radius 1 is 0.949 bits per heavy atom. The molecule has 39 heavy (non-hydrogen) atoms. The van der Waals surface area contributed by atoms with Crippen LogP contribution in [0.5, 0.6) is 0 Å². The molecule has 6 rings (SSSR count). The van der Waals surface area contributed by atoms with Crippen LogP contribution < -0.4 is 10.5 Å². The van der Waals surface area contributed by atoms with E-state index in [0.29, 0.717) is 49.8 Å². The summed E-state index contributed by atoms with van der Waals surface area (Å²) in [6.45, 7) is 4.55. The lowest BCUT2D eigenvalue weighted by Gasteiger charge is -2.39. The van der Waals surface area contributed by atoms with E-state index in [4.69, 9.17) is 0 Å². The van der Waals surface area contributed by atoms with E-state index in [1.54, 1.807) is 28.9 Å². The molecule has 0 spiro atoms. The Bertz CT molecular complexity index is 1670. The molecule has 198 valence electrons. The number of fused-ring (bicyclic) bond motifs is 1. The lowest BCUT2D eigenvalue weighted by molar-refractivity contribution is 0.200. The molecule has 1 saturated heterocycles. The van der Waals surface area contributed by atoms with Gasteiger partial charge in [-0.3, -0.25) is 9.69 Å². The summed E-state index contributed by atoms with van der Waals surface area (Å²) in [6, 6.07) is 20.2. The maximum Gasteiger partial charge on any atom is 0.253 e. The topological polar surface area (TPSA) is 82.9 Å². The van der Waals surface area contributed by atoms with Crippen LogP contribution in [-0.2, 0) is 6.54 Å². The van der Waals surface area contributed by atoms with Crippen LogP contribution in [0.2, 0.25) is 0 Å². The first kappa shape index (κ1) is 24.9. The van der Waals surface area contributed by atoms with Gasteiger partial charge >= 0.3 is 0 Å². The first-order valence-electron chi connectivity index (χ1n) is 12.8.